The van der Waals surface area contributed by atoms with E-state index < -0.39 is 0 Å². The molecule has 0 aliphatic heterocycles. The molecule has 0 aliphatic rings. The SMILES string of the molecule is CC(C)(C)c1n[nH]cc1CNc1ccc(Oc2cccnc2)cc1. The van der Waals surface area contributed by atoms with E-state index in [1.807, 2.05) is 42.6 Å². The Hall–Kier alpha value is -2.82. The second-order valence-electron chi connectivity index (χ2n) is 6.68. The van der Waals surface area contributed by atoms with Crippen molar-refractivity contribution in [1.82, 2.24) is 15.2 Å². The predicted octanol–water partition coefficient (Wildman–Crippen LogP) is 4.51. The van der Waals surface area contributed by atoms with E-state index in [0.29, 0.717) is 0 Å². The number of hydrogen-bond donors (Lipinski definition) is 2. The van der Waals surface area contributed by atoms with Crippen LogP contribution in [0, 0.1) is 0 Å². The van der Waals surface area contributed by atoms with Crippen molar-refractivity contribution in [2.45, 2.75) is 32.7 Å². The van der Waals surface area contributed by atoms with Crippen LogP contribution in [0.5, 0.6) is 11.5 Å². The van der Waals surface area contributed by atoms with E-state index in [1.54, 1.807) is 12.4 Å². The molecule has 124 valence electrons. The molecule has 2 aromatic heterocycles. The molecule has 5 nitrogen and oxygen atoms in total. The third-order valence-electron chi connectivity index (χ3n) is 3.64. The summed E-state index contributed by atoms with van der Waals surface area (Å²) in [5, 5.41) is 10.8. The number of rotatable bonds is 5. The highest BCUT2D eigenvalue weighted by Crippen LogP contribution is 2.25. The largest absolute Gasteiger partial charge is 0.456 e. The van der Waals surface area contributed by atoms with Gasteiger partial charge in [0.2, 0.25) is 0 Å². The molecule has 3 aromatic rings. The maximum Gasteiger partial charge on any atom is 0.145 e. The highest BCUT2D eigenvalue weighted by molar-refractivity contribution is 5.47. The van der Waals surface area contributed by atoms with Gasteiger partial charge in [0.15, 0.2) is 0 Å². The summed E-state index contributed by atoms with van der Waals surface area (Å²) >= 11 is 0. The molecule has 3 rings (SSSR count). The normalized spacial score (nSPS) is 11.3. The Balaban J connectivity index is 1.62. The number of nitrogens with one attached hydrogen (secondary N) is 2. The Labute approximate surface area is 142 Å². The Kier molecular flexibility index (Phi) is 4.51. The predicted molar refractivity (Wildman–Crippen MR) is 95.4 cm³/mol. The lowest BCUT2D eigenvalue weighted by molar-refractivity contribution is 0.480. The maximum atomic E-state index is 5.74. The van der Waals surface area contributed by atoms with Gasteiger partial charge in [-0.2, -0.15) is 5.10 Å². The number of benzene rings is 1. The first kappa shape index (κ1) is 16.1. The third kappa shape index (κ3) is 3.93. The van der Waals surface area contributed by atoms with Crippen molar-refractivity contribution in [2.24, 2.45) is 0 Å². The van der Waals surface area contributed by atoms with Gasteiger partial charge in [0.1, 0.15) is 11.5 Å². The molecule has 0 fully saturated rings. The molecule has 24 heavy (non-hydrogen) atoms. The zero-order chi connectivity index (χ0) is 17.0. The number of hydrogen-bond acceptors (Lipinski definition) is 4. The van der Waals surface area contributed by atoms with Crippen LogP contribution in [0.4, 0.5) is 5.69 Å². The molecule has 0 spiro atoms. The number of ether oxygens (including phenoxy) is 1. The lowest BCUT2D eigenvalue weighted by Crippen LogP contribution is -2.15. The average Bonchev–Trinajstić information content (AvgIpc) is 3.04. The second-order valence-corrected chi connectivity index (χ2v) is 6.68. The van der Waals surface area contributed by atoms with Crippen LogP contribution in [0.1, 0.15) is 32.0 Å². The summed E-state index contributed by atoms with van der Waals surface area (Å²) in [6.07, 6.45) is 5.37. The van der Waals surface area contributed by atoms with Gasteiger partial charge < -0.3 is 10.1 Å². The zero-order valence-electron chi connectivity index (χ0n) is 14.2. The number of pyridine rings is 1. The van der Waals surface area contributed by atoms with Crippen molar-refractivity contribution in [3.05, 3.63) is 66.2 Å². The number of aromatic nitrogens is 3. The van der Waals surface area contributed by atoms with Gasteiger partial charge in [0.05, 0.1) is 11.9 Å². The molecular formula is C19H22N4O. The number of anilines is 1. The molecule has 0 unspecified atom stereocenters. The average molecular weight is 322 g/mol. The lowest BCUT2D eigenvalue weighted by Gasteiger charge is -2.17. The smallest absolute Gasteiger partial charge is 0.145 e. The van der Waals surface area contributed by atoms with Crippen LogP contribution in [-0.4, -0.2) is 15.2 Å². The fourth-order valence-electron chi connectivity index (χ4n) is 2.48. The first-order valence-electron chi connectivity index (χ1n) is 7.97. The highest BCUT2D eigenvalue weighted by atomic mass is 16.5. The Bertz CT molecular complexity index is 773. The van der Waals surface area contributed by atoms with Gasteiger partial charge in [0.25, 0.3) is 0 Å². The van der Waals surface area contributed by atoms with E-state index in [2.05, 4.69) is 41.3 Å². The van der Waals surface area contributed by atoms with Crippen molar-refractivity contribution in [3.63, 3.8) is 0 Å². The molecule has 0 atom stereocenters. The van der Waals surface area contributed by atoms with Crippen LogP contribution in [0.2, 0.25) is 0 Å². The fourth-order valence-corrected chi connectivity index (χ4v) is 2.48. The van der Waals surface area contributed by atoms with Crippen LogP contribution in [-0.2, 0) is 12.0 Å². The fraction of sp³-hybridized carbons (Fsp3) is 0.263. The summed E-state index contributed by atoms with van der Waals surface area (Å²) < 4.78 is 5.74. The summed E-state index contributed by atoms with van der Waals surface area (Å²) in [7, 11) is 0. The Morgan fingerprint density at radius 1 is 1.08 bits per heavy atom. The van der Waals surface area contributed by atoms with Crippen LogP contribution < -0.4 is 10.1 Å². The molecule has 0 radical (unpaired) electrons. The molecule has 0 amide bonds. The monoisotopic (exact) mass is 322 g/mol. The summed E-state index contributed by atoms with van der Waals surface area (Å²) in [6, 6.07) is 11.6. The van der Waals surface area contributed by atoms with Gasteiger partial charge in [0, 0.05) is 35.6 Å². The summed E-state index contributed by atoms with van der Waals surface area (Å²) in [5.41, 5.74) is 3.33. The highest BCUT2D eigenvalue weighted by Gasteiger charge is 2.20. The van der Waals surface area contributed by atoms with Crippen molar-refractivity contribution in [3.8, 4) is 11.5 Å². The van der Waals surface area contributed by atoms with Gasteiger partial charge >= 0.3 is 0 Å². The Morgan fingerprint density at radius 2 is 1.88 bits per heavy atom. The van der Waals surface area contributed by atoms with Gasteiger partial charge in [-0.15, -0.1) is 0 Å². The summed E-state index contributed by atoms with van der Waals surface area (Å²) in [6.45, 7) is 7.22. The molecule has 2 N–H and O–H groups in total. The van der Waals surface area contributed by atoms with E-state index in [4.69, 9.17) is 4.74 Å². The first-order chi connectivity index (χ1) is 11.5. The number of nitrogens with zero attached hydrogens (tertiary/aromatic N) is 2. The minimum absolute atomic E-state index is 0.0262. The van der Waals surface area contributed by atoms with Crippen LogP contribution in [0.15, 0.2) is 55.0 Å². The van der Waals surface area contributed by atoms with Crippen molar-refractivity contribution in [2.75, 3.05) is 5.32 Å². The maximum absolute atomic E-state index is 5.74. The standard InChI is InChI=1S/C19H22N4O/c1-19(2,3)18-14(12-22-23-18)11-21-15-6-8-16(9-7-15)24-17-5-4-10-20-13-17/h4-10,12-13,21H,11H2,1-3H3,(H,22,23). The van der Waals surface area contributed by atoms with Crippen LogP contribution >= 0.6 is 0 Å². The van der Waals surface area contributed by atoms with E-state index in [-0.39, 0.29) is 5.41 Å². The molecule has 5 heteroatoms. The van der Waals surface area contributed by atoms with Gasteiger partial charge in [-0.1, -0.05) is 20.8 Å². The minimum Gasteiger partial charge on any atom is -0.456 e. The molecule has 0 bridgehead atoms. The summed E-state index contributed by atoms with van der Waals surface area (Å²) in [4.78, 5) is 4.04. The topological polar surface area (TPSA) is 62.8 Å². The lowest BCUT2D eigenvalue weighted by atomic mass is 9.89. The number of H-pyrrole nitrogens is 1. The van der Waals surface area contributed by atoms with Crippen molar-refractivity contribution < 1.29 is 4.74 Å². The second kappa shape index (κ2) is 6.74. The molecule has 2 heterocycles. The third-order valence-corrected chi connectivity index (χ3v) is 3.64. The van der Waals surface area contributed by atoms with Crippen LogP contribution in [0.25, 0.3) is 0 Å². The van der Waals surface area contributed by atoms with Gasteiger partial charge in [-0.25, -0.2) is 0 Å². The van der Waals surface area contributed by atoms with E-state index >= 15 is 0 Å². The molecule has 1 aromatic carbocycles. The Morgan fingerprint density at radius 3 is 2.54 bits per heavy atom. The van der Waals surface area contributed by atoms with E-state index in [1.165, 1.54) is 5.56 Å². The zero-order valence-corrected chi connectivity index (χ0v) is 14.2. The number of aromatic amines is 1. The first-order valence-corrected chi connectivity index (χ1v) is 7.97. The molecular weight excluding hydrogens is 300 g/mol. The molecule has 0 saturated carbocycles. The van der Waals surface area contributed by atoms with Gasteiger partial charge in [-0.05, 0) is 36.4 Å². The van der Waals surface area contributed by atoms with Gasteiger partial charge in [-0.3, -0.25) is 10.1 Å². The van der Waals surface area contributed by atoms with E-state index in [0.717, 1.165) is 29.4 Å². The van der Waals surface area contributed by atoms with Crippen molar-refractivity contribution >= 4 is 5.69 Å². The van der Waals surface area contributed by atoms with Crippen LogP contribution in [0.3, 0.4) is 0 Å². The quantitative estimate of drug-likeness (QED) is 0.725. The molecule has 0 aliphatic carbocycles. The van der Waals surface area contributed by atoms with E-state index in [9.17, 15) is 0 Å². The summed E-state index contributed by atoms with van der Waals surface area (Å²) in [5.74, 6) is 1.51. The van der Waals surface area contributed by atoms with Crippen molar-refractivity contribution in [1.29, 1.82) is 0 Å². The minimum atomic E-state index is 0.0262. The molecule has 0 saturated heterocycles.